The summed E-state index contributed by atoms with van der Waals surface area (Å²) in [6.07, 6.45) is 5.12. The molecule has 0 amide bonds. The quantitative estimate of drug-likeness (QED) is 0.644. The smallest absolute Gasteiger partial charge is 0.134 e. The first-order valence-electron chi connectivity index (χ1n) is 10.5. The van der Waals surface area contributed by atoms with Crippen molar-refractivity contribution in [2.45, 2.75) is 40.0 Å². The zero-order valence-corrected chi connectivity index (χ0v) is 18.4. The molecule has 0 bridgehead atoms. The molecule has 2 aliphatic rings. The fourth-order valence-corrected chi connectivity index (χ4v) is 5.46. The molecule has 152 valence electrons. The van der Waals surface area contributed by atoms with Crippen LogP contribution in [0.3, 0.4) is 0 Å². The summed E-state index contributed by atoms with van der Waals surface area (Å²) in [5, 5.41) is 10.6. The fraction of sp³-hybridized carbons (Fsp3) is 0.500. The van der Waals surface area contributed by atoms with Gasteiger partial charge in [-0.25, -0.2) is 4.99 Å². The normalized spacial score (nSPS) is 19.9. The number of aliphatic imine (C=N–C) groups is 1. The van der Waals surface area contributed by atoms with Crippen molar-refractivity contribution in [1.82, 2.24) is 0 Å². The summed E-state index contributed by atoms with van der Waals surface area (Å²) in [6, 6.07) is 10.9. The van der Waals surface area contributed by atoms with Crippen LogP contribution in [0.5, 0.6) is 0 Å². The molecule has 0 saturated carbocycles. The van der Waals surface area contributed by atoms with Crippen LogP contribution in [0.2, 0.25) is 0 Å². The van der Waals surface area contributed by atoms with E-state index in [1.165, 1.54) is 16.1 Å². The first-order chi connectivity index (χ1) is 14.0. The zero-order chi connectivity index (χ0) is 20.4. The highest BCUT2D eigenvalue weighted by atomic mass is 32.1. The van der Waals surface area contributed by atoms with Crippen molar-refractivity contribution in [1.29, 1.82) is 5.26 Å². The van der Waals surface area contributed by atoms with E-state index in [-0.39, 0.29) is 0 Å². The Morgan fingerprint density at radius 2 is 1.93 bits per heavy atom. The Bertz CT molecular complexity index is 925. The maximum Gasteiger partial charge on any atom is 0.134 e. The van der Waals surface area contributed by atoms with E-state index in [0.717, 1.165) is 61.7 Å². The number of rotatable bonds is 3. The second-order valence-electron chi connectivity index (χ2n) is 9.05. The van der Waals surface area contributed by atoms with E-state index < -0.39 is 0 Å². The van der Waals surface area contributed by atoms with Gasteiger partial charge in [0.15, 0.2) is 0 Å². The summed E-state index contributed by atoms with van der Waals surface area (Å²) in [6.45, 7) is 10.4. The molecule has 0 radical (unpaired) electrons. The molecule has 2 aromatic rings. The minimum atomic E-state index is 0.306. The molecule has 1 saturated heterocycles. The number of thiophene rings is 1. The molecule has 0 spiro atoms. The number of nitriles is 1. The highest BCUT2D eigenvalue weighted by molar-refractivity contribution is 7.16. The van der Waals surface area contributed by atoms with Crippen LogP contribution >= 0.6 is 11.3 Å². The van der Waals surface area contributed by atoms with Crippen molar-refractivity contribution < 1.29 is 4.74 Å². The van der Waals surface area contributed by atoms with E-state index in [2.05, 4.69) is 56.0 Å². The molecule has 0 unspecified atom stereocenters. The number of benzene rings is 1. The lowest BCUT2D eigenvalue weighted by Gasteiger charge is -2.33. The molecule has 1 atom stereocenters. The second kappa shape index (κ2) is 8.30. The van der Waals surface area contributed by atoms with Crippen LogP contribution in [0.25, 0.3) is 0 Å². The van der Waals surface area contributed by atoms with Gasteiger partial charge in [0, 0.05) is 29.9 Å². The standard InChI is InChI=1S/C24H29N3OS/c1-24(2,3)18-6-9-20-21(15-25)23(29-22(20)14-18)26-16-17-4-7-19(8-5-17)27-10-12-28-13-11-27/h4-5,7-8,16,18H,6,9-14H2,1-3H3/t18-/m1/s1. The second-order valence-corrected chi connectivity index (χ2v) is 10.1. The molecule has 1 aliphatic carbocycles. The summed E-state index contributed by atoms with van der Waals surface area (Å²) in [4.78, 5) is 8.43. The highest BCUT2D eigenvalue weighted by Gasteiger charge is 2.32. The summed E-state index contributed by atoms with van der Waals surface area (Å²) < 4.78 is 5.43. The van der Waals surface area contributed by atoms with Crippen molar-refractivity contribution in [3.63, 3.8) is 0 Å². The van der Waals surface area contributed by atoms with Crippen molar-refractivity contribution in [3.05, 3.63) is 45.8 Å². The number of anilines is 1. The van der Waals surface area contributed by atoms with Crippen LogP contribution in [-0.4, -0.2) is 32.5 Å². The third-order valence-corrected chi connectivity index (χ3v) is 7.35. The molecule has 1 aromatic carbocycles. The number of fused-ring (bicyclic) bond motifs is 1. The van der Waals surface area contributed by atoms with Crippen LogP contribution in [0, 0.1) is 22.7 Å². The first kappa shape index (κ1) is 20.1. The van der Waals surface area contributed by atoms with Crippen molar-refractivity contribution in [2.75, 3.05) is 31.2 Å². The lowest BCUT2D eigenvalue weighted by atomic mass is 9.72. The lowest BCUT2D eigenvalue weighted by molar-refractivity contribution is 0.122. The Morgan fingerprint density at radius 1 is 1.21 bits per heavy atom. The van der Waals surface area contributed by atoms with E-state index >= 15 is 0 Å². The van der Waals surface area contributed by atoms with Gasteiger partial charge >= 0.3 is 0 Å². The Hall–Kier alpha value is -2.16. The summed E-state index contributed by atoms with van der Waals surface area (Å²) in [5.74, 6) is 0.671. The molecule has 1 fully saturated rings. The minimum Gasteiger partial charge on any atom is -0.378 e. The summed E-state index contributed by atoms with van der Waals surface area (Å²) in [7, 11) is 0. The number of ether oxygens (including phenoxy) is 1. The van der Waals surface area contributed by atoms with Gasteiger partial charge in [-0.05, 0) is 53.9 Å². The maximum absolute atomic E-state index is 9.73. The molecule has 29 heavy (non-hydrogen) atoms. The van der Waals surface area contributed by atoms with E-state index in [4.69, 9.17) is 9.73 Å². The highest BCUT2D eigenvalue weighted by Crippen LogP contribution is 2.44. The average Bonchev–Trinajstić information content (AvgIpc) is 3.09. The first-order valence-corrected chi connectivity index (χ1v) is 11.3. The summed E-state index contributed by atoms with van der Waals surface area (Å²) >= 11 is 1.71. The Labute approximate surface area is 177 Å². The molecule has 1 aliphatic heterocycles. The minimum absolute atomic E-state index is 0.306. The molecule has 1 aromatic heterocycles. The summed E-state index contributed by atoms with van der Waals surface area (Å²) in [5.41, 5.74) is 4.62. The fourth-order valence-electron chi connectivity index (χ4n) is 4.24. The van der Waals surface area contributed by atoms with Gasteiger partial charge in [0.1, 0.15) is 11.1 Å². The predicted octanol–water partition coefficient (Wildman–Crippen LogP) is 5.36. The molecule has 5 heteroatoms. The van der Waals surface area contributed by atoms with E-state index in [9.17, 15) is 5.26 Å². The van der Waals surface area contributed by atoms with E-state index in [0.29, 0.717) is 11.3 Å². The average molecular weight is 408 g/mol. The third kappa shape index (κ3) is 4.39. The van der Waals surface area contributed by atoms with Crippen LogP contribution in [0.4, 0.5) is 10.7 Å². The van der Waals surface area contributed by atoms with Gasteiger partial charge in [0.2, 0.25) is 0 Å². The van der Waals surface area contributed by atoms with Crippen LogP contribution in [0.15, 0.2) is 29.3 Å². The Balaban J connectivity index is 1.51. The topological polar surface area (TPSA) is 48.6 Å². The van der Waals surface area contributed by atoms with Gasteiger partial charge in [-0.1, -0.05) is 32.9 Å². The largest absolute Gasteiger partial charge is 0.378 e. The van der Waals surface area contributed by atoms with E-state index in [1.54, 1.807) is 11.3 Å². The number of hydrogen-bond acceptors (Lipinski definition) is 5. The lowest BCUT2D eigenvalue weighted by Crippen LogP contribution is -2.36. The van der Waals surface area contributed by atoms with Crippen LogP contribution < -0.4 is 4.90 Å². The SMILES string of the molecule is CC(C)(C)[C@@H]1CCc2c(sc(N=Cc3ccc(N4CCOCC4)cc3)c2C#N)C1. The van der Waals surface area contributed by atoms with Gasteiger partial charge in [0.05, 0.1) is 18.8 Å². The van der Waals surface area contributed by atoms with Crippen molar-refractivity contribution >= 4 is 28.2 Å². The van der Waals surface area contributed by atoms with Crippen molar-refractivity contribution in [2.24, 2.45) is 16.3 Å². The monoisotopic (exact) mass is 407 g/mol. The number of hydrogen-bond donors (Lipinski definition) is 0. The Kier molecular flexibility index (Phi) is 5.76. The Morgan fingerprint density at radius 3 is 2.59 bits per heavy atom. The van der Waals surface area contributed by atoms with E-state index in [1.807, 2.05) is 6.21 Å². The molecule has 0 N–H and O–H groups in total. The van der Waals surface area contributed by atoms with Gasteiger partial charge in [-0.2, -0.15) is 5.26 Å². The molecular weight excluding hydrogens is 378 g/mol. The van der Waals surface area contributed by atoms with Gasteiger partial charge < -0.3 is 9.64 Å². The van der Waals surface area contributed by atoms with Crippen molar-refractivity contribution in [3.8, 4) is 6.07 Å². The molecule has 4 nitrogen and oxygen atoms in total. The number of morpholine rings is 1. The van der Waals surface area contributed by atoms with Gasteiger partial charge in [0.25, 0.3) is 0 Å². The van der Waals surface area contributed by atoms with Crippen LogP contribution in [0.1, 0.15) is 48.8 Å². The zero-order valence-electron chi connectivity index (χ0n) is 17.6. The van der Waals surface area contributed by atoms with Gasteiger partial charge in [-0.15, -0.1) is 11.3 Å². The van der Waals surface area contributed by atoms with Crippen LogP contribution in [-0.2, 0) is 17.6 Å². The maximum atomic E-state index is 9.73. The molecule has 2 heterocycles. The molecular formula is C24H29N3OS. The third-order valence-electron chi connectivity index (χ3n) is 6.18. The van der Waals surface area contributed by atoms with Gasteiger partial charge in [-0.3, -0.25) is 0 Å². The predicted molar refractivity (Wildman–Crippen MR) is 121 cm³/mol. The molecule has 4 rings (SSSR count). The number of nitrogens with zero attached hydrogens (tertiary/aromatic N) is 3.